The van der Waals surface area contributed by atoms with Crippen LogP contribution in [0.5, 0.6) is 0 Å². The molecule has 0 aliphatic carbocycles. The van der Waals surface area contributed by atoms with Crippen molar-refractivity contribution in [1.82, 2.24) is 0 Å². The highest BCUT2D eigenvalue weighted by Gasteiger charge is 2.08. The maximum atomic E-state index is 11.7. The van der Waals surface area contributed by atoms with Gasteiger partial charge in [-0.3, -0.25) is 9.59 Å². The Morgan fingerprint density at radius 2 is 1.74 bits per heavy atom. The Morgan fingerprint density at radius 1 is 1.04 bits per heavy atom. The molecule has 0 bridgehead atoms. The van der Waals surface area contributed by atoms with E-state index in [1.165, 1.54) is 0 Å². The van der Waals surface area contributed by atoms with Crippen LogP contribution in [0.2, 0.25) is 0 Å². The van der Waals surface area contributed by atoms with E-state index in [2.05, 4.69) is 5.32 Å². The average molecular weight is 308 g/mol. The van der Waals surface area contributed by atoms with E-state index in [4.69, 9.17) is 10.00 Å². The quantitative estimate of drug-likeness (QED) is 0.832. The number of nitriles is 1. The summed E-state index contributed by atoms with van der Waals surface area (Å²) in [5, 5.41) is 11.3. The summed E-state index contributed by atoms with van der Waals surface area (Å²) in [7, 11) is 0. The highest BCUT2D eigenvalue weighted by Crippen LogP contribution is 2.08. The number of carbonyl (C=O) groups excluding carboxylic acids is 2. The lowest BCUT2D eigenvalue weighted by atomic mass is 10.1. The lowest BCUT2D eigenvalue weighted by Gasteiger charge is -2.07. The summed E-state index contributed by atoms with van der Waals surface area (Å²) in [5.41, 5.74) is 2.11. The number of nitrogens with zero attached hydrogens (tertiary/aromatic N) is 1. The Morgan fingerprint density at radius 3 is 2.39 bits per heavy atom. The van der Waals surface area contributed by atoms with Crippen LogP contribution in [0, 0.1) is 11.3 Å². The number of rotatable bonds is 6. The zero-order valence-corrected chi connectivity index (χ0v) is 12.5. The number of hydrogen-bond donors (Lipinski definition) is 1. The first-order valence-corrected chi connectivity index (χ1v) is 7.17. The molecule has 0 saturated carbocycles. The molecular weight excluding hydrogens is 292 g/mol. The largest absolute Gasteiger partial charge is 0.456 e. The number of aryl methyl sites for hydroxylation is 1. The lowest BCUT2D eigenvalue weighted by Crippen LogP contribution is -2.21. The van der Waals surface area contributed by atoms with Gasteiger partial charge in [0, 0.05) is 12.1 Å². The molecule has 1 amide bonds. The third-order valence-electron chi connectivity index (χ3n) is 3.12. The van der Waals surface area contributed by atoms with Crippen molar-refractivity contribution in [3.63, 3.8) is 0 Å². The maximum Gasteiger partial charge on any atom is 0.306 e. The third-order valence-corrected chi connectivity index (χ3v) is 3.12. The molecule has 0 aliphatic rings. The van der Waals surface area contributed by atoms with Gasteiger partial charge in [0.15, 0.2) is 6.61 Å². The van der Waals surface area contributed by atoms with E-state index in [-0.39, 0.29) is 13.0 Å². The van der Waals surface area contributed by atoms with Crippen LogP contribution >= 0.6 is 0 Å². The average Bonchev–Trinajstić information content (AvgIpc) is 2.60. The zero-order valence-electron chi connectivity index (χ0n) is 12.5. The van der Waals surface area contributed by atoms with Gasteiger partial charge in [-0.2, -0.15) is 5.26 Å². The fourth-order valence-electron chi connectivity index (χ4n) is 1.93. The van der Waals surface area contributed by atoms with Gasteiger partial charge in [-0.25, -0.2) is 0 Å². The van der Waals surface area contributed by atoms with Crippen LogP contribution in [0.4, 0.5) is 5.69 Å². The van der Waals surface area contributed by atoms with Crippen molar-refractivity contribution in [2.45, 2.75) is 12.8 Å². The molecular formula is C18H16N2O3. The van der Waals surface area contributed by atoms with Gasteiger partial charge in [0.05, 0.1) is 11.6 Å². The van der Waals surface area contributed by atoms with Crippen molar-refractivity contribution in [3.8, 4) is 6.07 Å². The summed E-state index contributed by atoms with van der Waals surface area (Å²) in [6.07, 6.45) is 0.811. The topological polar surface area (TPSA) is 79.2 Å². The Balaban J connectivity index is 1.71. The predicted octanol–water partition coefficient (Wildman–Crippen LogP) is 2.67. The molecule has 0 fully saturated rings. The number of ether oxygens (including phenoxy) is 1. The molecule has 2 aromatic carbocycles. The highest BCUT2D eigenvalue weighted by atomic mass is 16.5. The number of carbonyl (C=O) groups is 2. The molecule has 5 nitrogen and oxygen atoms in total. The van der Waals surface area contributed by atoms with E-state index < -0.39 is 11.9 Å². The second kappa shape index (κ2) is 8.35. The molecule has 0 saturated heterocycles. The molecule has 0 unspecified atom stereocenters. The Bertz CT molecular complexity index is 703. The summed E-state index contributed by atoms with van der Waals surface area (Å²) in [5.74, 6) is -0.827. The molecule has 5 heteroatoms. The van der Waals surface area contributed by atoms with Gasteiger partial charge in [-0.1, -0.05) is 30.3 Å². The van der Waals surface area contributed by atoms with Crippen molar-refractivity contribution in [1.29, 1.82) is 5.26 Å². The summed E-state index contributed by atoms with van der Waals surface area (Å²) >= 11 is 0. The van der Waals surface area contributed by atoms with E-state index in [9.17, 15) is 9.59 Å². The predicted molar refractivity (Wildman–Crippen MR) is 85.5 cm³/mol. The van der Waals surface area contributed by atoms with Gasteiger partial charge in [-0.15, -0.1) is 0 Å². The number of esters is 1. The van der Waals surface area contributed by atoms with Crippen LogP contribution in [-0.4, -0.2) is 18.5 Å². The minimum absolute atomic E-state index is 0.230. The number of benzene rings is 2. The number of amides is 1. The van der Waals surface area contributed by atoms with Crippen LogP contribution in [-0.2, 0) is 20.7 Å². The first-order valence-electron chi connectivity index (χ1n) is 7.17. The van der Waals surface area contributed by atoms with Crippen molar-refractivity contribution in [3.05, 3.63) is 65.7 Å². The van der Waals surface area contributed by atoms with Crippen molar-refractivity contribution in [2.24, 2.45) is 0 Å². The minimum Gasteiger partial charge on any atom is -0.456 e. The fraction of sp³-hybridized carbons (Fsp3) is 0.167. The van der Waals surface area contributed by atoms with E-state index in [1.54, 1.807) is 24.3 Å². The van der Waals surface area contributed by atoms with Gasteiger partial charge in [0.25, 0.3) is 5.91 Å². The van der Waals surface area contributed by atoms with Crippen LogP contribution in [0.3, 0.4) is 0 Å². The molecule has 0 aromatic heterocycles. The Labute approximate surface area is 134 Å². The van der Waals surface area contributed by atoms with E-state index in [0.717, 1.165) is 5.56 Å². The monoisotopic (exact) mass is 308 g/mol. The Kier molecular flexibility index (Phi) is 5.89. The molecule has 1 N–H and O–H groups in total. The zero-order chi connectivity index (χ0) is 16.5. The number of hydrogen-bond acceptors (Lipinski definition) is 4. The van der Waals surface area contributed by atoms with Crippen molar-refractivity contribution in [2.75, 3.05) is 11.9 Å². The van der Waals surface area contributed by atoms with Gasteiger partial charge in [0.1, 0.15) is 0 Å². The van der Waals surface area contributed by atoms with Crippen LogP contribution in [0.25, 0.3) is 0 Å². The summed E-state index contributed by atoms with van der Waals surface area (Å²) in [6, 6.07) is 18.0. The highest BCUT2D eigenvalue weighted by molar-refractivity contribution is 5.92. The summed E-state index contributed by atoms with van der Waals surface area (Å²) in [6.45, 7) is -0.326. The van der Waals surface area contributed by atoms with Crippen molar-refractivity contribution >= 4 is 17.6 Å². The number of nitrogens with one attached hydrogen (secondary N) is 1. The second-order valence-electron chi connectivity index (χ2n) is 4.88. The molecule has 0 spiro atoms. The fourth-order valence-corrected chi connectivity index (χ4v) is 1.93. The van der Waals surface area contributed by atoms with E-state index in [1.807, 2.05) is 36.4 Å². The molecule has 2 rings (SSSR count). The summed E-state index contributed by atoms with van der Waals surface area (Å²) in [4.78, 5) is 23.3. The van der Waals surface area contributed by atoms with E-state index >= 15 is 0 Å². The van der Waals surface area contributed by atoms with Crippen LogP contribution < -0.4 is 5.32 Å². The first-order chi connectivity index (χ1) is 11.2. The molecule has 0 aliphatic heterocycles. The normalized spacial score (nSPS) is 9.70. The minimum atomic E-state index is -0.414. The van der Waals surface area contributed by atoms with Gasteiger partial charge in [0.2, 0.25) is 0 Å². The third kappa shape index (κ3) is 5.64. The SMILES string of the molecule is N#Cc1ccc(NC(=O)COC(=O)CCc2ccccc2)cc1. The standard InChI is InChI=1S/C18H16N2O3/c19-12-15-6-9-16(10-7-15)20-17(21)13-23-18(22)11-8-14-4-2-1-3-5-14/h1-7,9-10H,8,11,13H2,(H,20,21). The summed E-state index contributed by atoms with van der Waals surface area (Å²) < 4.78 is 4.94. The van der Waals surface area contributed by atoms with Gasteiger partial charge in [-0.05, 0) is 36.2 Å². The van der Waals surface area contributed by atoms with Gasteiger partial charge < -0.3 is 10.1 Å². The molecule has 23 heavy (non-hydrogen) atoms. The second-order valence-corrected chi connectivity index (χ2v) is 4.88. The first kappa shape index (κ1) is 16.2. The molecule has 0 atom stereocenters. The molecule has 2 aromatic rings. The Hall–Kier alpha value is -3.13. The van der Waals surface area contributed by atoms with Gasteiger partial charge >= 0.3 is 5.97 Å². The molecule has 0 radical (unpaired) electrons. The van der Waals surface area contributed by atoms with Crippen LogP contribution in [0.1, 0.15) is 17.5 Å². The lowest BCUT2D eigenvalue weighted by molar-refractivity contribution is -0.147. The number of anilines is 1. The van der Waals surface area contributed by atoms with Crippen LogP contribution in [0.15, 0.2) is 54.6 Å². The maximum absolute atomic E-state index is 11.7. The van der Waals surface area contributed by atoms with E-state index in [0.29, 0.717) is 17.7 Å². The molecule has 0 heterocycles. The smallest absolute Gasteiger partial charge is 0.306 e. The molecule has 116 valence electrons. The van der Waals surface area contributed by atoms with Crippen molar-refractivity contribution < 1.29 is 14.3 Å².